The van der Waals surface area contributed by atoms with Crippen molar-refractivity contribution in [1.29, 1.82) is 0 Å². The Morgan fingerprint density at radius 3 is 3.03 bits per heavy atom. The van der Waals surface area contributed by atoms with Crippen LogP contribution < -0.4 is 16.2 Å². The van der Waals surface area contributed by atoms with Crippen molar-refractivity contribution in [2.45, 2.75) is 51.1 Å². The van der Waals surface area contributed by atoms with Crippen LogP contribution >= 0.6 is 0 Å². The lowest BCUT2D eigenvalue weighted by molar-refractivity contribution is -0.134. The third-order valence-corrected chi connectivity index (χ3v) is 7.29. The lowest BCUT2D eigenvalue weighted by atomic mass is 9.96. The van der Waals surface area contributed by atoms with Gasteiger partial charge in [0.1, 0.15) is 6.04 Å². The molecule has 1 saturated heterocycles. The van der Waals surface area contributed by atoms with Crippen molar-refractivity contribution in [2.75, 3.05) is 19.6 Å². The van der Waals surface area contributed by atoms with Gasteiger partial charge in [-0.05, 0) is 56.6 Å². The van der Waals surface area contributed by atoms with Gasteiger partial charge in [-0.1, -0.05) is 6.42 Å². The minimum atomic E-state index is -0.182. The zero-order chi connectivity index (χ0) is 21.4. The van der Waals surface area contributed by atoms with Crippen LogP contribution in [0.15, 0.2) is 28.9 Å². The first kappa shape index (κ1) is 20.5. The number of amides is 2. The molecule has 8 heteroatoms. The summed E-state index contributed by atoms with van der Waals surface area (Å²) in [6.07, 6.45) is 8.89. The van der Waals surface area contributed by atoms with Gasteiger partial charge in [-0.15, -0.1) is 0 Å². The lowest BCUT2D eigenvalue weighted by Gasteiger charge is -2.26. The predicted octanol–water partition coefficient (Wildman–Crippen LogP) is 2.08. The molecule has 2 aromatic heterocycles. The monoisotopic (exact) mass is 425 g/mol. The number of hydrogen-bond acceptors (Lipinski definition) is 6. The molecular formula is C23H31N5O3. The van der Waals surface area contributed by atoms with Gasteiger partial charge in [0.25, 0.3) is 5.91 Å². The minimum absolute atomic E-state index is 0.0826. The second-order valence-corrected chi connectivity index (χ2v) is 9.16. The number of hydrogen-bond donors (Lipinski definition) is 3. The fraction of sp³-hybridized carbons (Fsp3) is 0.609. The Morgan fingerprint density at radius 2 is 2.19 bits per heavy atom. The summed E-state index contributed by atoms with van der Waals surface area (Å²) in [4.78, 5) is 31.4. The normalized spacial score (nSPS) is 29.1. The molecule has 2 saturated carbocycles. The van der Waals surface area contributed by atoms with Crippen LogP contribution in [0.25, 0.3) is 11.0 Å². The summed E-state index contributed by atoms with van der Waals surface area (Å²) >= 11 is 0. The molecule has 2 aromatic rings. The van der Waals surface area contributed by atoms with Crippen LogP contribution in [-0.2, 0) is 4.79 Å². The van der Waals surface area contributed by atoms with Gasteiger partial charge in [0.05, 0.1) is 6.20 Å². The molecule has 0 spiro atoms. The number of furan rings is 1. The fourth-order valence-corrected chi connectivity index (χ4v) is 5.28. The highest BCUT2D eigenvalue weighted by Crippen LogP contribution is 2.41. The topological polar surface area (TPSA) is 99.5 Å². The van der Waals surface area contributed by atoms with Crippen molar-refractivity contribution in [1.82, 2.24) is 26.1 Å². The number of likely N-dealkylation sites (N-methyl/N-ethyl adjacent to an activating group) is 1. The Kier molecular flexibility index (Phi) is 5.67. The average molecular weight is 426 g/mol. The molecule has 5 atom stereocenters. The molecular weight excluding hydrogens is 394 g/mol. The molecule has 166 valence electrons. The van der Waals surface area contributed by atoms with E-state index in [4.69, 9.17) is 4.42 Å². The van der Waals surface area contributed by atoms with Gasteiger partial charge in [-0.25, -0.2) is 5.43 Å². The summed E-state index contributed by atoms with van der Waals surface area (Å²) in [5, 5.41) is 3.87. The van der Waals surface area contributed by atoms with Crippen LogP contribution in [0.5, 0.6) is 0 Å². The van der Waals surface area contributed by atoms with Crippen molar-refractivity contribution in [3.63, 3.8) is 0 Å². The van der Waals surface area contributed by atoms with Gasteiger partial charge in [0, 0.05) is 43.2 Å². The van der Waals surface area contributed by atoms with E-state index in [1.165, 1.54) is 6.42 Å². The number of nitrogens with one attached hydrogen (secondary N) is 3. The van der Waals surface area contributed by atoms with Gasteiger partial charge in [-0.2, -0.15) is 0 Å². The summed E-state index contributed by atoms with van der Waals surface area (Å²) < 4.78 is 5.58. The third kappa shape index (κ3) is 4.19. The highest BCUT2D eigenvalue weighted by Gasteiger charge is 2.44. The predicted molar refractivity (Wildman–Crippen MR) is 116 cm³/mol. The molecule has 31 heavy (non-hydrogen) atoms. The summed E-state index contributed by atoms with van der Waals surface area (Å²) in [5.74, 6) is 1.85. The van der Waals surface area contributed by atoms with Crippen molar-refractivity contribution in [3.05, 3.63) is 30.3 Å². The molecule has 5 rings (SSSR count). The molecule has 3 heterocycles. The molecule has 0 aromatic carbocycles. The van der Waals surface area contributed by atoms with Gasteiger partial charge in [-0.3, -0.25) is 20.0 Å². The first-order chi connectivity index (χ1) is 15.1. The number of fused-ring (bicyclic) bond motifs is 2. The number of pyridine rings is 1. The van der Waals surface area contributed by atoms with E-state index in [9.17, 15) is 9.59 Å². The molecule has 1 aliphatic heterocycles. The maximum Gasteiger partial charge on any atom is 0.287 e. The maximum atomic E-state index is 13.0. The van der Waals surface area contributed by atoms with Gasteiger partial charge >= 0.3 is 0 Å². The molecule has 5 unspecified atom stereocenters. The molecule has 8 nitrogen and oxygen atoms in total. The van der Waals surface area contributed by atoms with Gasteiger partial charge in [0.2, 0.25) is 5.91 Å². The van der Waals surface area contributed by atoms with E-state index in [0.29, 0.717) is 41.7 Å². The van der Waals surface area contributed by atoms with E-state index in [0.717, 1.165) is 44.2 Å². The minimum Gasteiger partial charge on any atom is -0.449 e. The Labute approximate surface area is 182 Å². The van der Waals surface area contributed by atoms with Crippen LogP contribution in [0, 0.1) is 17.8 Å². The lowest BCUT2D eigenvalue weighted by Crippen LogP contribution is -2.48. The third-order valence-electron chi connectivity index (χ3n) is 7.29. The summed E-state index contributed by atoms with van der Waals surface area (Å²) in [7, 11) is 0. The first-order valence-corrected chi connectivity index (χ1v) is 11.6. The van der Waals surface area contributed by atoms with Gasteiger partial charge < -0.3 is 14.6 Å². The zero-order valence-corrected chi connectivity index (χ0v) is 18.0. The first-order valence-electron chi connectivity index (χ1n) is 11.6. The molecule has 2 amide bonds. The van der Waals surface area contributed by atoms with E-state index >= 15 is 0 Å². The van der Waals surface area contributed by atoms with Crippen molar-refractivity contribution < 1.29 is 14.0 Å². The number of hydrazine groups is 1. The Hall–Kier alpha value is -2.45. The Morgan fingerprint density at radius 1 is 1.29 bits per heavy atom. The highest BCUT2D eigenvalue weighted by molar-refractivity contribution is 5.95. The Balaban J connectivity index is 1.07. The number of rotatable bonds is 8. The molecule has 3 aliphatic rings. The van der Waals surface area contributed by atoms with Crippen LogP contribution in [0.2, 0.25) is 0 Å². The summed E-state index contributed by atoms with van der Waals surface area (Å²) in [6, 6.07) is 3.95. The summed E-state index contributed by atoms with van der Waals surface area (Å²) in [5.41, 5.74) is 7.18. The standard InChI is InChI=1S/C23H31N5O3/c1-2-28(23(30)21-17-4-3-5-18(17)26-27-21)9-7-14-10-16(14)12-25-22(29)19-11-15-6-8-24-13-20(15)31-19/h6,8,11,13-14,16-18,21,26-27H,2-5,7,9-10,12H2,1H3,(H,25,29). The zero-order valence-electron chi connectivity index (χ0n) is 18.0. The van der Waals surface area contributed by atoms with E-state index in [-0.39, 0.29) is 17.9 Å². The van der Waals surface area contributed by atoms with Crippen molar-refractivity contribution in [3.8, 4) is 0 Å². The number of carbonyl (C=O) groups is 2. The number of carbonyl (C=O) groups excluding carboxylic acids is 2. The van der Waals surface area contributed by atoms with E-state index in [1.807, 2.05) is 11.0 Å². The quantitative estimate of drug-likeness (QED) is 0.599. The largest absolute Gasteiger partial charge is 0.449 e. The van der Waals surface area contributed by atoms with E-state index in [2.05, 4.69) is 28.1 Å². The molecule has 0 radical (unpaired) electrons. The van der Waals surface area contributed by atoms with Crippen LogP contribution in [0.3, 0.4) is 0 Å². The number of aromatic nitrogens is 1. The Bertz CT molecular complexity index is 927. The van der Waals surface area contributed by atoms with Crippen LogP contribution in [-0.4, -0.2) is 53.4 Å². The van der Waals surface area contributed by atoms with E-state index < -0.39 is 0 Å². The average Bonchev–Trinajstić information content (AvgIpc) is 3.14. The SMILES string of the molecule is CCN(CCC1CC1CNC(=O)c1cc2ccncc2o1)C(=O)C1NNC2CCCC21. The summed E-state index contributed by atoms with van der Waals surface area (Å²) in [6.45, 7) is 4.23. The van der Waals surface area contributed by atoms with Crippen LogP contribution in [0.1, 0.15) is 49.6 Å². The second kappa shape index (κ2) is 8.59. The van der Waals surface area contributed by atoms with E-state index in [1.54, 1.807) is 18.5 Å². The molecule has 3 fully saturated rings. The molecule has 3 N–H and O–H groups in total. The highest BCUT2D eigenvalue weighted by atomic mass is 16.3. The molecule has 2 aliphatic carbocycles. The maximum absolute atomic E-state index is 13.0. The second-order valence-electron chi connectivity index (χ2n) is 9.16. The van der Waals surface area contributed by atoms with Crippen molar-refractivity contribution in [2.24, 2.45) is 17.8 Å². The smallest absolute Gasteiger partial charge is 0.287 e. The van der Waals surface area contributed by atoms with Gasteiger partial charge in [0.15, 0.2) is 11.3 Å². The number of nitrogens with zero attached hydrogens (tertiary/aromatic N) is 2. The fourth-order valence-electron chi connectivity index (χ4n) is 5.28. The van der Waals surface area contributed by atoms with Crippen LogP contribution in [0.4, 0.5) is 0 Å². The molecule has 0 bridgehead atoms. The van der Waals surface area contributed by atoms with Crippen molar-refractivity contribution >= 4 is 22.8 Å².